The highest BCUT2D eigenvalue weighted by atomic mass is 16.5. The third kappa shape index (κ3) is 4.99. The second-order valence-corrected chi connectivity index (χ2v) is 4.27. The second-order valence-electron chi connectivity index (χ2n) is 4.27. The lowest BCUT2D eigenvalue weighted by molar-refractivity contribution is -0.155. The van der Waals surface area contributed by atoms with Gasteiger partial charge in [0.2, 0.25) is 0 Å². The number of hydrogen-bond acceptors (Lipinski definition) is 5. The van der Waals surface area contributed by atoms with Gasteiger partial charge in [-0.05, 0) is 24.9 Å². The quantitative estimate of drug-likeness (QED) is 0.568. The van der Waals surface area contributed by atoms with Crippen LogP contribution in [0.25, 0.3) is 0 Å². The highest BCUT2D eigenvalue weighted by Crippen LogP contribution is 2.14. The molecule has 0 aromatic heterocycles. The lowest BCUT2D eigenvalue weighted by Gasteiger charge is -2.19. The zero-order valence-electron chi connectivity index (χ0n) is 14.0. The lowest BCUT2D eigenvalue weighted by Crippen LogP contribution is -2.42. The molecule has 0 bridgehead atoms. The van der Waals surface area contributed by atoms with Crippen molar-refractivity contribution in [1.82, 2.24) is 0 Å². The summed E-state index contributed by atoms with van der Waals surface area (Å²) in [6, 6.07) is 6.02. The van der Waals surface area contributed by atoms with Crippen molar-refractivity contribution in [2.45, 2.75) is 25.5 Å². The van der Waals surface area contributed by atoms with E-state index in [2.05, 4.69) is 0 Å². The maximum Gasteiger partial charge on any atom is 0.321 e. The van der Waals surface area contributed by atoms with Crippen molar-refractivity contribution < 1.29 is 23.6 Å². The Labute approximate surface area is 122 Å². The van der Waals surface area contributed by atoms with Crippen molar-refractivity contribution in [1.29, 1.82) is 0 Å². The molecule has 0 saturated heterocycles. The number of carbonyl (C=O) groups is 2. The molecule has 1 aromatic carbocycles. The molecule has 0 fully saturated rings. The molecule has 0 aliphatic rings. The standard InChI is InChI=1S/C14H20N2O4/c15-8-4-7-11(12(16)13(17)18)14(19)20-9-10-5-2-1-3-6-10/h1-3,5-6,11-12H,4,7-9,15-16H2,(H,17,18)/t11?,12-/m0/s1/i12D/hD2. The van der Waals surface area contributed by atoms with E-state index in [-0.39, 0.29) is 31.7 Å². The first-order chi connectivity index (χ1) is 10.8. The van der Waals surface area contributed by atoms with Crippen LogP contribution in [0.15, 0.2) is 30.3 Å². The maximum absolute atomic E-state index is 12.2. The molecule has 0 spiro atoms. The number of nitrogens with two attached hydrogens (primary N) is 2. The fourth-order valence-corrected chi connectivity index (χ4v) is 1.67. The number of carboxylic acids is 1. The Hall–Kier alpha value is -1.92. The molecule has 6 heteroatoms. The third-order valence-corrected chi connectivity index (χ3v) is 2.75. The normalized spacial score (nSPS) is 17.4. The molecule has 20 heavy (non-hydrogen) atoms. The van der Waals surface area contributed by atoms with E-state index < -0.39 is 23.9 Å². The van der Waals surface area contributed by atoms with Gasteiger partial charge in [0.1, 0.15) is 15.4 Å². The molecule has 2 atom stereocenters. The summed E-state index contributed by atoms with van der Waals surface area (Å²) in [7, 11) is 0. The predicted octanol–water partition coefficient (Wildman–Crippen LogP) is 0.497. The SMILES string of the molecule is [2H]N([2H])[C@]([2H])(C(=O)O)C(CCCN)C(=O)OCc1ccccc1. The van der Waals surface area contributed by atoms with Crippen LogP contribution in [0.5, 0.6) is 0 Å². The van der Waals surface area contributed by atoms with Crippen LogP contribution in [0, 0.1) is 5.92 Å². The molecule has 0 amide bonds. The molecular formula is C14H20N2O4. The third-order valence-electron chi connectivity index (χ3n) is 2.75. The largest absolute Gasteiger partial charge is 0.480 e. The van der Waals surface area contributed by atoms with Gasteiger partial charge in [-0.25, -0.2) is 0 Å². The Bertz CT molecular complexity index is 530. The molecule has 6 nitrogen and oxygen atoms in total. The first-order valence-corrected chi connectivity index (χ1v) is 6.26. The fraction of sp³-hybridized carbons (Fsp3) is 0.429. The summed E-state index contributed by atoms with van der Waals surface area (Å²) < 4.78 is 27.4. The molecule has 1 unspecified atom stereocenters. The predicted molar refractivity (Wildman–Crippen MR) is 73.6 cm³/mol. The van der Waals surface area contributed by atoms with Crippen LogP contribution in [-0.4, -0.2) is 29.6 Å². The molecule has 0 aliphatic carbocycles. The minimum Gasteiger partial charge on any atom is -0.480 e. The number of ether oxygens (including phenoxy) is 1. The first kappa shape index (κ1) is 11.9. The minimum absolute atomic E-state index is 0.0613. The molecule has 0 heterocycles. The van der Waals surface area contributed by atoms with Crippen molar-refractivity contribution in [3.8, 4) is 0 Å². The average Bonchev–Trinajstić information content (AvgIpc) is 2.53. The van der Waals surface area contributed by atoms with Crippen LogP contribution in [-0.2, 0) is 20.9 Å². The Balaban J connectivity index is 2.91. The summed E-state index contributed by atoms with van der Waals surface area (Å²) in [6.45, 7) is 0.110. The monoisotopic (exact) mass is 283 g/mol. The first-order valence-electron chi connectivity index (χ1n) is 7.65. The van der Waals surface area contributed by atoms with E-state index in [4.69, 9.17) is 14.7 Å². The summed E-state index contributed by atoms with van der Waals surface area (Å²) in [6.07, 6.45) is 0.209. The number of esters is 1. The zero-order valence-corrected chi connectivity index (χ0v) is 11.0. The summed E-state index contributed by atoms with van der Waals surface area (Å²) in [5.74, 6) is -4.20. The van der Waals surface area contributed by atoms with Gasteiger partial charge in [-0.15, -0.1) is 0 Å². The molecular weight excluding hydrogens is 260 g/mol. The van der Waals surface area contributed by atoms with Gasteiger partial charge in [0.25, 0.3) is 0 Å². The van der Waals surface area contributed by atoms with Crippen LogP contribution in [0.3, 0.4) is 0 Å². The van der Waals surface area contributed by atoms with E-state index in [0.717, 1.165) is 0 Å². The highest BCUT2D eigenvalue weighted by molar-refractivity contribution is 5.83. The van der Waals surface area contributed by atoms with Gasteiger partial charge in [-0.1, -0.05) is 30.3 Å². The van der Waals surface area contributed by atoms with E-state index in [9.17, 15) is 14.7 Å². The molecule has 110 valence electrons. The van der Waals surface area contributed by atoms with E-state index in [1.54, 1.807) is 30.3 Å². The number of rotatable bonds is 9. The van der Waals surface area contributed by atoms with Gasteiger partial charge in [0.15, 0.2) is 0 Å². The maximum atomic E-state index is 12.2. The lowest BCUT2D eigenvalue weighted by atomic mass is 9.95. The van der Waals surface area contributed by atoms with Crippen LogP contribution in [0.1, 0.15) is 19.8 Å². The van der Waals surface area contributed by atoms with E-state index in [1.165, 1.54) is 0 Å². The number of hydrogen-bond donors (Lipinski definition) is 3. The average molecular weight is 283 g/mol. The molecule has 0 saturated carbocycles. The fourth-order valence-electron chi connectivity index (χ4n) is 1.67. The highest BCUT2D eigenvalue weighted by Gasteiger charge is 2.31. The van der Waals surface area contributed by atoms with Crippen molar-refractivity contribution in [2.24, 2.45) is 17.4 Å². The van der Waals surface area contributed by atoms with Crippen LogP contribution in [0.2, 0.25) is 2.82 Å². The van der Waals surface area contributed by atoms with Gasteiger partial charge in [0.05, 0.1) is 7.29 Å². The Morgan fingerprint density at radius 2 is 2.10 bits per heavy atom. The van der Waals surface area contributed by atoms with Crippen LogP contribution >= 0.6 is 0 Å². The Morgan fingerprint density at radius 1 is 1.40 bits per heavy atom. The summed E-state index contributed by atoms with van der Waals surface area (Å²) >= 11 is 0. The Kier molecular flexibility index (Phi) is 4.92. The smallest absolute Gasteiger partial charge is 0.321 e. The van der Waals surface area contributed by atoms with Crippen LogP contribution < -0.4 is 11.5 Å². The summed E-state index contributed by atoms with van der Waals surface area (Å²) in [4.78, 5) is 23.6. The second kappa shape index (κ2) is 8.29. The van der Waals surface area contributed by atoms with Gasteiger partial charge in [0, 0.05) is 0 Å². The molecule has 0 radical (unpaired) electrons. The molecule has 5 N–H and O–H groups in total. The van der Waals surface area contributed by atoms with Crippen molar-refractivity contribution in [3.05, 3.63) is 35.9 Å². The topological polar surface area (TPSA) is 116 Å². The molecule has 1 aromatic rings. The van der Waals surface area contributed by atoms with E-state index in [0.29, 0.717) is 5.56 Å². The van der Waals surface area contributed by atoms with E-state index in [1.807, 2.05) is 0 Å². The zero-order chi connectivity index (χ0) is 17.5. The summed E-state index contributed by atoms with van der Waals surface area (Å²) in [5.41, 5.74) is 5.78. The number of carbonyl (C=O) groups excluding carboxylic acids is 1. The van der Waals surface area contributed by atoms with Crippen molar-refractivity contribution >= 4 is 11.9 Å². The van der Waals surface area contributed by atoms with Gasteiger partial charge in [-0.3, -0.25) is 9.59 Å². The van der Waals surface area contributed by atoms with Crippen molar-refractivity contribution in [2.75, 3.05) is 6.54 Å². The van der Waals surface area contributed by atoms with Gasteiger partial charge >= 0.3 is 11.9 Å². The van der Waals surface area contributed by atoms with Crippen LogP contribution in [0.4, 0.5) is 0 Å². The Morgan fingerprint density at radius 3 is 2.65 bits per heavy atom. The molecule has 1 rings (SSSR count). The van der Waals surface area contributed by atoms with Crippen molar-refractivity contribution in [3.63, 3.8) is 0 Å². The van der Waals surface area contributed by atoms with E-state index >= 15 is 0 Å². The number of benzene rings is 1. The molecule has 0 aliphatic heterocycles. The van der Waals surface area contributed by atoms with Gasteiger partial charge in [-0.2, -0.15) is 0 Å². The number of carboxylic acid groups (broad SMARTS) is 1. The number of aliphatic carboxylic acids is 1. The summed E-state index contributed by atoms with van der Waals surface area (Å²) in [5, 5.41) is 9.20. The van der Waals surface area contributed by atoms with Gasteiger partial charge < -0.3 is 21.3 Å². The minimum atomic E-state index is -2.76.